The molecule has 0 unspecified atom stereocenters. The van der Waals surface area contributed by atoms with Gasteiger partial charge in [-0.25, -0.2) is 14.2 Å². The van der Waals surface area contributed by atoms with Gasteiger partial charge in [0.2, 0.25) is 29.5 Å². The summed E-state index contributed by atoms with van der Waals surface area (Å²) in [5, 5.41) is 38.8. The summed E-state index contributed by atoms with van der Waals surface area (Å²) in [5.41, 5.74) is 0.363. The zero-order valence-corrected chi connectivity index (χ0v) is 43.5. The smallest absolute Gasteiger partial charge is 0.343 e. The van der Waals surface area contributed by atoms with Crippen molar-refractivity contribution >= 4 is 70.1 Å². The molecule has 2 aliphatic carbocycles. The molecule has 8 amide bonds. The fraction of sp³-hybridized carbons (Fsp3) is 0.407. The number of aromatic nitrogens is 2. The van der Waals surface area contributed by atoms with Crippen molar-refractivity contribution < 1.29 is 72.0 Å². The number of carbonyl (C=O) groups is 10. The van der Waals surface area contributed by atoms with E-state index in [0.717, 1.165) is 17.7 Å². The number of aryl methyl sites for hydroxylation is 1. The molecule has 2 aromatic carbocycles. The Morgan fingerprint density at radius 3 is 2.24 bits per heavy atom. The minimum atomic E-state index is -2.07. The molecule has 80 heavy (non-hydrogen) atoms. The van der Waals surface area contributed by atoms with Gasteiger partial charge in [-0.05, 0) is 73.8 Å². The molecular formula is C54H57FN10O15. The Labute approximate surface area is 454 Å². The average Bonchev–Trinajstić information content (AvgIpc) is 4.15. The Morgan fingerprint density at radius 1 is 0.875 bits per heavy atom. The van der Waals surface area contributed by atoms with Crippen molar-refractivity contribution in [3.8, 4) is 11.4 Å². The number of aliphatic carboxylic acids is 1. The van der Waals surface area contributed by atoms with Gasteiger partial charge >= 0.3 is 11.9 Å². The zero-order valence-electron chi connectivity index (χ0n) is 43.5. The van der Waals surface area contributed by atoms with Crippen LogP contribution in [0.4, 0.5) is 4.39 Å². The van der Waals surface area contributed by atoms with Gasteiger partial charge < -0.3 is 61.5 Å². The first-order chi connectivity index (χ1) is 38.2. The molecule has 9 rings (SSSR count). The van der Waals surface area contributed by atoms with Gasteiger partial charge in [-0.3, -0.25) is 52.8 Å². The highest BCUT2D eigenvalue weighted by atomic mass is 19.1. The fourth-order valence-corrected chi connectivity index (χ4v) is 10.7. The lowest BCUT2D eigenvalue weighted by Gasteiger charge is -2.41. The molecule has 5 heterocycles. The first kappa shape index (κ1) is 56.0. The normalized spacial score (nSPS) is 18.9. The number of hydrogen-bond acceptors (Lipinski definition) is 16. The number of carbonyl (C=O) groups excluding carboxylic acids is 9. The van der Waals surface area contributed by atoms with E-state index in [0.29, 0.717) is 81.5 Å². The van der Waals surface area contributed by atoms with Crippen LogP contribution in [0.15, 0.2) is 59.4 Å². The summed E-state index contributed by atoms with van der Waals surface area (Å²) < 4.78 is 28.3. The van der Waals surface area contributed by atoms with Crippen LogP contribution in [0.5, 0.6) is 0 Å². The Balaban J connectivity index is 0.806. The van der Waals surface area contributed by atoms with Crippen molar-refractivity contribution in [2.75, 3.05) is 39.5 Å². The number of nitrogens with zero attached hydrogens (tertiary/aromatic N) is 3. The lowest BCUT2D eigenvalue weighted by Crippen LogP contribution is -2.56. The second kappa shape index (κ2) is 22.9. The number of imide groups is 1. The number of benzene rings is 2. The lowest BCUT2D eigenvalue weighted by molar-refractivity contribution is -0.172. The van der Waals surface area contributed by atoms with Crippen molar-refractivity contribution in [2.45, 2.75) is 101 Å². The number of cyclic esters (lactones) is 1. The first-order valence-corrected chi connectivity index (χ1v) is 25.9. The van der Waals surface area contributed by atoms with Gasteiger partial charge in [0.15, 0.2) is 5.60 Å². The van der Waals surface area contributed by atoms with Crippen molar-refractivity contribution in [3.05, 3.63) is 110 Å². The number of rotatable bonds is 22. The third-order valence-electron chi connectivity index (χ3n) is 15.2. The summed E-state index contributed by atoms with van der Waals surface area (Å²) in [6.45, 7) is -0.428. The summed E-state index contributed by atoms with van der Waals surface area (Å²) in [5.74, 6) is -8.85. The van der Waals surface area contributed by atoms with Crippen molar-refractivity contribution in [3.63, 3.8) is 0 Å². The highest BCUT2D eigenvalue weighted by Gasteiger charge is 2.49. The maximum absolute atomic E-state index is 15.5. The number of amides is 8. The van der Waals surface area contributed by atoms with Crippen LogP contribution in [0.2, 0.25) is 0 Å². The third kappa shape index (κ3) is 11.0. The van der Waals surface area contributed by atoms with E-state index >= 15 is 4.39 Å². The molecule has 5 aliphatic rings. The minimum absolute atomic E-state index is 0.0318. The number of carboxylic acid groups (broad SMARTS) is 1. The lowest BCUT2D eigenvalue weighted by atomic mass is 9.77. The van der Waals surface area contributed by atoms with E-state index in [4.69, 9.17) is 19.6 Å². The fourth-order valence-electron chi connectivity index (χ4n) is 10.7. The molecular weight excluding hydrogens is 1050 g/mol. The van der Waals surface area contributed by atoms with Crippen LogP contribution in [-0.4, -0.2) is 141 Å². The maximum atomic E-state index is 15.5. The zero-order chi connectivity index (χ0) is 57.2. The van der Waals surface area contributed by atoms with Gasteiger partial charge in [0.05, 0.1) is 61.2 Å². The molecule has 3 aliphatic heterocycles. The summed E-state index contributed by atoms with van der Waals surface area (Å²) >= 11 is 0. The van der Waals surface area contributed by atoms with Crippen LogP contribution in [0.3, 0.4) is 0 Å². The molecule has 9 N–H and O–H groups in total. The van der Waals surface area contributed by atoms with Crippen molar-refractivity contribution in [1.82, 2.24) is 51.7 Å². The monoisotopic (exact) mass is 1100 g/mol. The molecule has 26 heteroatoms. The molecule has 1 saturated carbocycles. The Morgan fingerprint density at radius 2 is 1.56 bits per heavy atom. The molecule has 25 nitrogen and oxygen atoms in total. The standard InChI is InChI=1S/C54H57FN10O15/c1-3-54(78)32-17-37-47-30(24-64(37)50(75)31(32)25-79-52(54)77)46-34(11-10-29-27(2)33(55)18-35(62-47)45(29)46)63-51(76)53(14-7-15-53)80-26-60-40(67)21-58-48(73)36(16-28-8-5-4-6-9-28)61-41(68)22-57-39(66)20-59-49(74)38(19-56-23-44(71)72)65-42(69)12-13-43(65)70/h4-6,8-9,12-13,17-18,34,36,38,56,78H,3,7,10-11,14-16,19-26H2,1-2H3,(H,57,66)(H,58,73)(H,59,74)(H,60,67)(H,61,68)(H,63,76)(H,71,72)/t34-,36+,38-,54+/m1/s1. The van der Waals surface area contributed by atoms with Gasteiger partial charge in [-0.1, -0.05) is 37.3 Å². The van der Waals surface area contributed by atoms with Crippen LogP contribution in [0.25, 0.3) is 22.3 Å². The van der Waals surface area contributed by atoms with E-state index in [1.54, 1.807) is 50.2 Å². The van der Waals surface area contributed by atoms with E-state index in [2.05, 4.69) is 37.2 Å². The summed E-state index contributed by atoms with van der Waals surface area (Å²) in [4.78, 5) is 148. The molecule has 1 fully saturated rings. The van der Waals surface area contributed by atoms with Crippen LogP contribution in [-0.2, 0) is 89.0 Å². The third-order valence-corrected chi connectivity index (χ3v) is 15.2. The Hall–Kier alpha value is -8.75. The molecule has 2 aromatic heterocycles. The van der Waals surface area contributed by atoms with Gasteiger partial charge in [0, 0.05) is 47.7 Å². The molecule has 420 valence electrons. The van der Waals surface area contributed by atoms with Crippen LogP contribution < -0.4 is 42.8 Å². The Kier molecular flexibility index (Phi) is 16.0. The SMILES string of the molecule is CC[C@@]1(O)C(=O)OCc2c1cc1n(c2=O)Cc2c-1nc1cc(F)c(C)c3c1c2[C@H](NC(=O)C1(OCNC(=O)CNC(=O)[C@H](Cc2ccccc2)NC(=O)CNC(=O)CNC(=O)[C@@H](CNCC(=O)O)N2C(=O)C=CC2=O)CCC1)CC3. The number of halogens is 1. The predicted molar refractivity (Wildman–Crippen MR) is 275 cm³/mol. The van der Waals surface area contributed by atoms with Crippen LogP contribution in [0, 0.1) is 12.7 Å². The van der Waals surface area contributed by atoms with Crippen molar-refractivity contribution in [1.29, 1.82) is 0 Å². The molecule has 0 spiro atoms. The van der Waals surface area contributed by atoms with Crippen LogP contribution >= 0.6 is 0 Å². The number of fused-ring (bicyclic) bond motifs is 5. The van der Waals surface area contributed by atoms with Gasteiger partial charge in [0.25, 0.3) is 23.3 Å². The van der Waals surface area contributed by atoms with E-state index < -0.39 is 139 Å². The van der Waals surface area contributed by atoms with E-state index in [-0.39, 0.29) is 37.1 Å². The van der Waals surface area contributed by atoms with Crippen LogP contribution in [0.1, 0.15) is 84.0 Å². The van der Waals surface area contributed by atoms with E-state index in [9.17, 15) is 57.8 Å². The molecule has 4 atom stereocenters. The van der Waals surface area contributed by atoms with E-state index in [1.807, 2.05) is 0 Å². The summed E-state index contributed by atoms with van der Waals surface area (Å²) in [6.07, 6.45) is 3.76. The van der Waals surface area contributed by atoms with Gasteiger partial charge in [0.1, 0.15) is 36.8 Å². The molecule has 0 radical (unpaired) electrons. The predicted octanol–water partition coefficient (Wildman–Crippen LogP) is -1.31. The highest BCUT2D eigenvalue weighted by Crippen LogP contribution is 2.47. The quantitative estimate of drug-likeness (QED) is 0.0221. The van der Waals surface area contributed by atoms with Gasteiger partial charge in [-0.15, -0.1) is 0 Å². The number of aliphatic hydroxyl groups is 1. The second-order valence-corrected chi connectivity index (χ2v) is 20.1. The average molecular weight is 1110 g/mol. The number of nitrogens with one attached hydrogen (secondary N) is 7. The number of ether oxygens (including phenoxy) is 2. The number of hydrogen-bond donors (Lipinski definition) is 9. The van der Waals surface area contributed by atoms with E-state index in [1.165, 1.54) is 10.6 Å². The van der Waals surface area contributed by atoms with Crippen molar-refractivity contribution in [2.24, 2.45) is 0 Å². The Bertz CT molecular complexity index is 3360. The number of esters is 1. The molecule has 0 bridgehead atoms. The number of carboxylic acids is 1. The largest absolute Gasteiger partial charge is 0.480 e. The molecule has 4 aromatic rings. The summed E-state index contributed by atoms with van der Waals surface area (Å²) in [6, 6.07) is 8.05. The minimum Gasteiger partial charge on any atom is -0.480 e. The maximum Gasteiger partial charge on any atom is 0.343 e. The second-order valence-electron chi connectivity index (χ2n) is 20.1. The summed E-state index contributed by atoms with van der Waals surface area (Å²) in [7, 11) is 0. The topological polar surface area (TPSA) is 352 Å². The first-order valence-electron chi connectivity index (χ1n) is 25.9. The highest BCUT2D eigenvalue weighted by molar-refractivity contribution is 6.15. The number of pyridine rings is 2. The molecule has 0 saturated heterocycles. The van der Waals surface area contributed by atoms with Gasteiger partial charge in [-0.2, -0.15) is 0 Å².